The summed E-state index contributed by atoms with van der Waals surface area (Å²) < 4.78 is 0. The van der Waals surface area contributed by atoms with E-state index < -0.39 is 5.91 Å². The van der Waals surface area contributed by atoms with E-state index in [1.165, 1.54) is 23.1 Å². The highest BCUT2D eigenvalue weighted by atomic mass is 16.3. The van der Waals surface area contributed by atoms with Crippen molar-refractivity contribution in [1.82, 2.24) is 10.2 Å². The number of hydrogen-bond acceptors (Lipinski definition) is 5. The van der Waals surface area contributed by atoms with Crippen LogP contribution in [0.4, 0.5) is 0 Å². The van der Waals surface area contributed by atoms with Crippen LogP contribution in [0.15, 0.2) is 18.2 Å². The molecule has 1 atom stereocenters. The van der Waals surface area contributed by atoms with Crippen molar-refractivity contribution >= 4 is 5.91 Å². The van der Waals surface area contributed by atoms with E-state index in [9.17, 15) is 15.0 Å². The van der Waals surface area contributed by atoms with Crippen LogP contribution in [0.25, 0.3) is 0 Å². The Morgan fingerprint density at radius 1 is 1.35 bits per heavy atom. The highest BCUT2D eigenvalue weighted by molar-refractivity contribution is 5.99. The van der Waals surface area contributed by atoms with Crippen LogP contribution in [0.3, 0.4) is 0 Å². The summed E-state index contributed by atoms with van der Waals surface area (Å²) in [6, 6.07) is 4.38. The lowest BCUT2D eigenvalue weighted by Crippen LogP contribution is -2.42. The van der Waals surface area contributed by atoms with Gasteiger partial charge in [-0.05, 0) is 31.5 Å². The van der Waals surface area contributed by atoms with Gasteiger partial charge in [0.15, 0.2) is 0 Å². The Kier molecular flexibility index (Phi) is 4.81. The molecule has 1 fully saturated rings. The maximum Gasteiger partial charge on any atom is 0.261 e. The average Bonchev–Trinajstić information content (AvgIpc) is 2.91. The predicted octanol–water partition coefficient (Wildman–Crippen LogP) is 0.284. The van der Waals surface area contributed by atoms with Crippen LogP contribution in [-0.4, -0.2) is 58.4 Å². The number of rotatable bonds is 5. The number of aliphatic hydroxyl groups excluding tert-OH is 1. The summed E-state index contributed by atoms with van der Waals surface area (Å²) in [7, 11) is 0. The Morgan fingerprint density at radius 2 is 2.05 bits per heavy atom. The number of nitrogens with one attached hydrogen (secondary N) is 1. The third-order valence-corrected chi connectivity index (χ3v) is 3.49. The second kappa shape index (κ2) is 6.58. The van der Waals surface area contributed by atoms with E-state index in [1.807, 2.05) is 0 Å². The first-order chi connectivity index (χ1) is 9.63. The molecule has 1 aliphatic rings. The van der Waals surface area contributed by atoms with Gasteiger partial charge in [0, 0.05) is 19.1 Å². The summed E-state index contributed by atoms with van der Waals surface area (Å²) in [6.07, 6.45) is 2.04. The molecule has 0 aromatic heterocycles. The number of carbonyl (C=O) groups excluding carboxylic acids is 1. The van der Waals surface area contributed by atoms with E-state index in [4.69, 9.17) is 5.11 Å². The number of nitrogens with zero attached hydrogens (tertiary/aromatic N) is 1. The third kappa shape index (κ3) is 3.20. The van der Waals surface area contributed by atoms with E-state index in [1.54, 1.807) is 0 Å². The highest BCUT2D eigenvalue weighted by Crippen LogP contribution is 2.27. The van der Waals surface area contributed by atoms with Gasteiger partial charge in [-0.3, -0.25) is 4.79 Å². The van der Waals surface area contributed by atoms with Crippen LogP contribution in [0.2, 0.25) is 0 Å². The van der Waals surface area contributed by atoms with E-state index in [-0.39, 0.29) is 36.3 Å². The van der Waals surface area contributed by atoms with Gasteiger partial charge in [0.1, 0.15) is 17.1 Å². The second-order valence-corrected chi connectivity index (χ2v) is 4.94. The van der Waals surface area contributed by atoms with Crippen LogP contribution in [-0.2, 0) is 0 Å². The fraction of sp³-hybridized carbons (Fsp3) is 0.500. The molecule has 1 saturated heterocycles. The highest BCUT2D eigenvalue weighted by Gasteiger charge is 2.25. The molecule has 4 N–H and O–H groups in total. The molecule has 20 heavy (non-hydrogen) atoms. The molecule has 1 aromatic carbocycles. The molecule has 1 aromatic rings. The van der Waals surface area contributed by atoms with Crippen LogP contribution < -0.4 is 5.32 Å². The number of amides is 1. The third-order valence-electron chi connectivity index (χ3n) is 3.49. The molecule has 1 unspecified atom stereocenters. The number of carbonyl (C=O) groups is 1. The summed E-state index contributed by atoms with van der Waals surface area (Å²) in [5.41, 5.74) is -0.112. The molecule has 110 valence electrons. The number of benzene rings is 1. The number of phenolic OH excluding ortho intramolecular Hbond substituents is 2. The average molecular weight is 280 g/mol. The first-order valence-electron chi connectivity index (χ1n) is 6.78. The molecule has 0 saturated carbocycles. The number of hydrogen-bond donors (Lipinski definition) is 4. The minimum absolute atomic E-state index is 0.112. The number of phenols is 2. The van der Waals surface area contributed by atoms with Gasteiger partial charge < -0.3 is 25.5 Å². The van der Waals surface area contributed by atoms with Crippen molar-refractivity contribution in [3.8, 4) is 11.5 Å². The lowest BCUT2D eigenvalue weighted by atomic mass is 10.1. The normalized spacial score (nSPS) is 18.1. The standard InChI is InChI=1S/C14H20N2O4/c17-8-7-16(9-10-3-2-6-15-10)14(20)13-11(18)4-1-5-12(13)19/h1,4-5,10,15,17-19H,2-3,6-9H2. The molecule has 6 nitrogen and oxygen atoms in total. The predicted molar refractivity (Wildman–Crippen MR) is 73.8 cm³/mol. The van der Waals surface area contributed by atoms with E-state index in [0.717, 1.165) is 19.4 Å². The smallest absolute Gasteiger partial charge is 0.261 e. The van der Waals surface area contributed by atoms with Gasteiger partial charge in [0.2, 0.25) is 0 Å². The molecule has 0 bridgehead atoms. The summed E-state index contributed by atoms with van der Waals surface area (Å²) in [5.74, 6) is -0.974. The van der Waals surface area contributed by atoms with Gasteiger partial charge >= 0.3 is 0 Å². The summed E-state index contributed by atoms with van der Waals surface area (Å²) in [6.45, 7) is 1.39. The lowest BCUT2D eigenvalue weighted by Gasteiger charge is -2.25. The molecular weight excluding hydrogens is 260 g/mol. The zero-order valence-corrected chi connectivity index (χ0v) is 11.2. The summed E-state index contributed by atoms with van der Waals surface area (Å²) in [4.78, 5) is 13.9. The molecule has 0 spiro atoms. The Bertz CT molecular complexity index is 452. The van der Waals surface area contributed by atoms with Gasteiger partial charge in [-0.2, -0.15) is 0 Å². The molecule has 0 radical (unpaired) electrons. The zero-order chi connectivity index (χ0) is 14.5. The fourth-order valence-corrected chi connectivity index (χ4v) is 2.48. The Hall–Kier alpha value is -1.79. The molecule has 2 rings (SSSR count). The summed E-state index contributed by atoms with van der Waals surface area (Å²) >= 11 is 0. The van der Waals surface area contributed by atoms with Crippen molar-refractivity contribution in [1.29, 1.82) is 0 Å². The van der Waals surface area contributed by atoms with Gasteiger partial charge in [0.05, 0.1) is 6.61 Å². The van der Waals surface area contributed by atoms with Crippen molar-refractivity contribution in [2.75, 3.05) is 26.2 Å². The van der Waals surface area contributed by atoms with Crippen molar-refractivity contribution in [2.24, 2.45) is 0 Å². The van der Waals surface area contributed by atoms with Gasteiger partial charge in [-0.1, -0.05) is 6.07 Å². The van der Waals surface area contributed by atoms with Crippen molar-refractivity contribution < 1.29 is 20.1 Å². The zero-order valence-electron chi connectivity index (χ0n) is 11.2. The first kappa shape index (κ1) is 14.6. The number of aromatic hydroxyl groups is 2. The monoisotopic (exact) mass is 280 g/mol. The quantitative estimate of drug-likeness (QED) is 0.622. The van der Waals surface area contributed by atoms with Gasteiger partial charge in [0.25, 0.3) is 5.91 Å². The van der Waals surface area contributed by atoms with Crippen LogP contribution in [0.5, 0.6) is 11.5 Å². The summed E-state index contributed by atoms with van der Waals surface area (Å²) in [5, 5.41) is 31.9. The first-order valence-corrected chi connectivity index (χ1v) is 6.78. The maximum atomic E-state index is 12.4. The van der Waals surface area contributed by atoms with E-state index in [0.29, 0.717) is 6.54 Å². The Balaban J connectivity index is 2.17. The molecule has 1 amide bonds. The Labute approximate surface area is 117 Å². The largest absolute Gasteiger partial charge is 0.507 e. The molecule has 1 aliphatic heterocycles. The van der Waals surface area contributed by atoms with E-state index >= 15 is 0 Å². The van der Waals surface area contributed by atoms with Crippen LogP contribution in [0.1, 0.15) is 23.2 Å². The van der Waals surface area contributed by atoms with Crippen molar-refractivity contribution in [3.63, 3.8) is 0 Å². The fourth-order valence-electron chi connectivity index (χ4n) is 2.48. The molecule has 0 aliphatic carbocycles. The lowest BCUT2D eigenvalue weighted by molar-refractivity contribution is 0.0700. The van der Waals surface area contributed by atoms with Crippen molar-refractivity contribution in [3.05, 3.63) is 23.8 Å². The molecule has 1 heterocycles. The van der Waals surface area contributed by atoms with E-state index in [2.05, 4.69) is 5.32 Å². The maximum absolute atomic E-state index is 12.4. The SMILES string of the molecule is O=C(c1c(O)cccc1O)N(CCO)CC1CCCN1. The minimum atomic E-state index is -0.469. The minimum Gasteiger partial charge on any atom is -0.507 e. The van der Waals surface area contributed by atoms with Gasteiger partial charge in [-0.25, -0.2) is 0 Å². The second-order valence-electron chi connectivity index (χ2n) is 4.94. The molecule has 6 heteroatoms. The van der Waals surface area contributed by atoms with Gasteiger partial charge in [-0.15, -0.1) is 0 Å². The van der Waals surface area contributed by atoms with Crippen LogP contribution in [0, 0.1) is 0 Å². The number of aliphatic hydroxyl groups is 1. The Morgan fingerprint density at radius 3 is 2.60 bits per heavy atom. The van der Waals surface area contributed by atoms with Crippen LogP contribution >= 0.6 is 0 Å². The van der Waals surface area contributed by atoms with Crippen molar-refractivity contribution in [2.45, 2.75) is 18.9 Å². The molecular formula is C14H20N2O4. The topological polar surface area (TPSA) is 93.0 Å².